The van der Waals surface area contributed by atoms with Crippen molar-refractivity contribution in [3.05, 3.63) is 23.8 Å². The van der Waals surface area contributed by atoms with Crippen molar-refractivity contribution in [1.82, 2.24) is 10.2 Å². The van der Waals surface area contributed by atoms with Crippen molar-refractivity contribution < 1.29 is 9.53 Å². The number of rotatable bonds is 5. The number of ether oxygens (including phenoxy) is 1. The first-order chi connectivity index (χ1) is 10.2. The minimum absolute atomic E-state index is 0.121. The second-order valence-corrected chi connectivity index (χ2v) is 6.27. The molecule has 1 unspecified atom stereocenters. The molecule has 1 atom stereocenters. The topological polar surface area (TPSA) is 41.6 Å². The molecule has 1 aliphatic heterocycles. The molecule has 1 amide bonds. The minimum atomic E-state index is 0.121. The zero-order valence-electron chi connectivity index (χ0n) is 13.0. The summed E-state index contributed by atoms with van der Waals surface area (Å²) in [6, 6.07) is 6.14. The molecular weight excluding hydrogens is 284 g/mol. The largest absolute Gasteiger partial charge is 0.496 e. The van der Waals surface area contributed by atoms with Crippen LogP contribution in [-0.4, -0.2) is 44.3 Å². The van der Waals surface area contributed by atoms with Crippen LogP contribution >= 0.6 is 11.8 Å². The van der Waals surface area contributed by atoms with Crippen LogP contribution in [0.15, 0.2) is 23.1 Å². The Morgan fingerprint density at radius 1 is 1.52 bits per heavy atom. The Morgan fingerprint density at radius 3 is 2.95 bits per heavy atom. The quantitative estimate of drug-likeness (QED) is 0.848. The predicted octanol–water partition coefficient (Wildman–Crippen LogP) is 2.38. The van der Waals surface area contributed by atoms with Gasteiger partial charge in [0, 0.05) is 25.0 Å². The number of carbonyl (C=O) groups excluding carboxylic acids is 1. The maximum absolute atomic E-state index is 12.4. The molecule has 0 bridgehead atoms. The summed E-state index contributed by atoms with van der Waals surface area (Å²) >= 11 is 1.66. The van der Waals surface area contributed by atoms with Gasteiger partial charge in [-0.25, -0.2) is 0 Å². The molecule has 0 aromatic heterocycles. The fraction of sp³-hybridized carbons (Fsp3) is 0.562. The molecule has 0 spiro atoms. The number of methoxy groups -OCH3 is 1. The molecule has 1 N–H and O–H groups in total. The van der Waals surface area contributed by atoms with Crippen molar-refractivity contribution in [3.63, 3.8) is 0 Å². The van der Waals surface area contributed by atoms with E-state index in [1.54, 1.807) is 18.9 Å². The molecule has 1 heterocycles. The Hall–Kier alpha value is -1.20. The summed E-state index contributed by atoms with van der Waals surface area (Å²) in [5, 5.41) is 3.30. The molecule has 1 aliphatic rings. The van der Waals surface area contributed by atoms with Gasteiger partial charge < -0.3 is 15.0 Å². The van der Waals surface area contributed by atoms with Crippen molar-refractivity contribution in [1.29, 1.82) is 0 Å². The van der Waals surface area contributed by atoms with E-state index in [2.05, 4.69) is 17.4 Å². The minimum Gasteiger partial charge on any atom is -0.496 e. The van der Waals surface area contributed by atoms with Gasteiger partial charge in [0.25, 0.3) is 0 Å². The molecule has 2 rings (SSSR count). The summed E-state index contributed by atoms with van der Waals surface area (Å²) in [7, 11) is 3.56. The number of benzene rings is 1. The zero-order valence-corrected chi connectivity index (χ0v) is 13.8. The molecular formula is C16H24N2O2S. The summed E-state index contributed by atoms with van der Waals surface area (Å²) < 4.78 is 5.40. The van der Waals surface area contributed by atoms with Gasteiger partial charge in [0.05, 0.1) is 13.0 Å². The van der Waals surface area contributed by atoms with Crippen LogP contribution in [0.4, 0.5) is 0 Å². The summed E-state index contributed by atoms with van der Waals surface area (Å²) in [4.78, 5) is 15.4. The highest BCUT2D eigenvalue weighted by molar-refractivity contribution is 7.98. The molecule has 1 aromatic carbocycles. The van der Waals surface area contributed by atoms with Gasteiger partial charge in [-0.1, -0.05) is 6.07 Å². The maximum atomic E-state index is 12.4. The van der Waals surface area contributed by atoms with Gasteiger partial charge >= 0.3 is 0 Å². The zero-order chi connectivity index (χ0) is 15.2. The molecule has 1 saturated heterocycles. The van der Waals surface area contributed by atoms with E-state index in [0.29, 0.717) is 6.54 Å². The van der Waals surface area contributed by atoms with E-state index in [0.717, 1.165) is 42.1 Å². The normalized spacial score (nSPS) is 18.3. The number of thioether (sulfide) groups is 1. The lowest BCUT2D eigenvalue weighted by molar-refractivity contribution is -0.135. The lowest BCUT2D eigenvalue weighted by atomic mass is 9.98. The highest BCUT2D eigenvalue weighted by atomic mass is 32.2. The van der Waals surface area contributed by atoms with Gasteiger partial charge in [0.1, 0.15) is 5.75 Å². The van der Waals surface area contributed by atoms with Crippen LogP contribution in [-0.2, 0) is 11.3 Å². The first-order valence-corrected chi connectivity index (χ1v) is 8.54. The molecule has 0 saturated carbocycles. The van der Waals surface area contributed by atoms with Crippen LogP contribution in [0, 0.1) is 5.92 Å². The third kappa shape index (κ3) is 4.14. The number of hydrogen-bond acceptors (Lipinski definition) is 4. The third-order valence-corrected chi connectivity index (χ3v) is 4.67. The number of amides is 1. The third-order valence-electron chi connectivity index (χ3n) is 3.89. The van der Waals surface area contributed by atoms with Crippen molar-refractivity contribution in [2.24, 2.45) is 5.92 Å². The average molecular weight is 308 g/mol. The average Bonchev–Trinajstić information content (AvgIpc) is 2.54. The second kappa shape index (κ2) is 7.71. The lowest BCUT2D eigenvalue weighted by Gasteiger charge is -2.27. The standard InChI is InChI=1S/C16H24N2O2S/c1-18(16(19)13-5-4-8-17-10-13)11-12-6-7-15(21-3)14(9-12)20-2/h6-7,9,13,17H,4-5,8,10-11H2,1-3H3. The van der Waals surface area contributed by atoms with E-state index in [9.17, 15) is 4.79 Å². The summed E-state index contributed by atoms with van der Waals surface area (Å²) in [5.41, 5.74) is 1.10. The molecule has 0 aliphatic carbocycles. The van der Waals surface area contributed by atoms with Crippen LogP contribution < -0.4 is 10.1 Å². The van der Waals surface area contributed by atoms with Crippen LogP contribution in [0.25, 0.3) is 0 Å². The van der Waals surface area contributed by atoms with Gasteiger partial charge in [-0.05, 0) is 43.3 Å². The summed E-state index contributed by atoms with van der Waals surface area (Å²) in [5.74, 6) is 1.23. The van der Waals surface area contributed by atoms with Crippen molar-refractivity contribution in [2.45, 2.75) is 24.3 Å². The van der Waals surface area contributed by atoms with Crippen molar-refractivity contribution in [2.75, 3.05) is 33.5 Å². The molecule has 1 fully saturated rings. The van der Waals surface area contributed by atoms with Crippen LogP contribution in [0.2, 0.25) is 0 Å². The summed E-state index contributed by atoms with van der Waals surface area (Å²) in [6.45, 7) is 2.46. The number of nitrogens with one attached hydrogen (secondary N) is 1. The lowest BCUT2D eigenvalue weighted by Crippen LogP contribution is -2.41. The predicted molar refractivity (Wildman–Crippen MR) is 86.8 cm³/mol. The van der Waals surface area contributed by atoms with Crippen LogP contribution in [0.3, 0.4) is 0 Å². The van der Waals surface area contributed by atoms with Crippen molar-refractivity contribution in [3.8, 4) is 5.75 Å². The van der Waals surface area contributed by atoms with Gasteiger partial charge in [0.15, 0.2) is 0 Å². The van der Waals surface area contributed by atoms with E-state index < -0.39 is 0 Å². The Bertz CT molecular complexity index is 487. The highest BCUT2D eigenvalue weighted by Gasteiger charge is 2.23. The van der Waals surface area contributed by atoms with Crippen LogP contribution in [0.1, 0.15) is 18.4 Å². The van der Waals surface area contributed by atoms with Gasteiger partial charge in [-0.15, -0.1) is 11.8 Å². The highest BCUT2D eigenvalue weighted by Crippen LogP contribution is 2.28. The summed E-state index contributed by atoms with van der Waals surface area (Å²) in [6.07, 6.45) is 4.11. The van der Waals surface area contributed by atoms with E-state index in [4.69, 9.17) is 4.74 Å². The number of carbonyl (C=O) groups is 1. The van der Waals surface area contributed by atoms with E-state index in [1.807, 2.05) is 24.3 Å². The molecule has 0 radical (unpaired) electrons. The SMILES string of the molecule is COc1cc(CN(C)C(=O)C2CCCNC2)ccc1SC. The van der Waals surface area contributed by atoms with E-state index >= 15 is 0 Å². The fourth-order valence-electron chi connectivity index (χ4n) is 2.71. The Balaban J connectivity index is 2.01. The molecule has 21 heavy (non-hydrogen) atoms. The Labute approximate surface area is 131 Å². The van der Waals surface area contributed by atoms with Gasteiger partial charge in [-0.3, -0.25) is 4.79 Å². The second-order valence-electron chi connectivity index (χ2n) is 5.43. The van der Waals surface area contributed by atoms with E-state index in [1.165, 1.54) is 0 Å². The smallest absolute Gasteiger partial charge is 0.227 e. The number of piperidine rings is 1. The van der Waals surface area contributed by atoms with Gasteiger partial charge in [0.2, 0.25) is 5.91 Å². The van der Waals surface area contributed by atoms with E-state index in [-0.39, 0.29) is 11.8 Å². The number of hydrogen-bond donors (Lipinski definition) is 1. The Morgan fingerprint density at radius 2 is 2.33 bits per heavy atom. The van der Waals surface area contributed by atoms with Crippen molar-refractivity contribution >= 4 is 17.7 Å². The Kier molecular flexibility index (Phi) is 5.94. The maximum Gasteiger partial charge on any atom is 0.227 e. The molecule has 4 nitrogen and oxygen atoms in total. The molecule has 5 heteroatoms. The molecule has 116 valence electrons. The van der Waals surface area contributed by atoms with Crippen LogP contribution in [0.5, 0.6) is 5.75 Å². The molecule has 1 aromatic rings. The van der Waals surface area contributed by atoms with Gasteiger partial charge in [-0.2, -0.15) is 0 Å². The fourth-order valence-corrected chi connectivity index (χ4v) is 3.25. The number of nitrogens with zero attached hydrogens (tertiary/aromatic N) is 1. The monoisotopic (exact) mass is 308 g/mol. The first-order valence-electron chi connectivity index (χ1n) is 7.32. The first kappa shape index (κ1) is 16.2.